The van der Waals surface area contributed by atoms with Gasteiger partial charge in [0.25, 0.3) is 0 Å². The first-order valence-electron chi connectivity index (χ1n) is 10.8. The van der Waals surface area contributed by atoms with Gasteiger partial charge in [-0.1, -0.05) is 6.07 Å². The molecule has 1 aromatic carbocycles. The van der Waals surface area contributed by atoms with Crippen molar-refractivity contribution in [2.75, 3.05) is 43.5 Å². The van der Waals surface area contributed by atoms with E-state index in [0.717, 1.165) is 54.5 Å². The Morgan fingerprint density at radius 1 is 1.10 bits per heavy atom. The van der Waals surface area contributed by atoms with E-state index in [4.69, 9.17) is 14.7 Å². The molecule has 0 unspecified atom stereocenters. The van der Waals surface area contributed by atoms with Crippen LogP contribution in [0.15, 0.2) is 30.5 Å². The standard InChI is InChI=1S/C23H27FN6O/c1-15-11-20-21(13-25-15)28-23(22(27-20)26-17-4-5-17)30-9-7-29(8-10-30)14-16-3-6-18(31-2)12-19(16)24/h3,6,11-13,17H,4-5,7-10,14H2,1-2H3,(H,26,27). The molecular weight excluding hydrogens is 395 g/mol. The summed E-state index contributed by atoms with van der Waals surface area (Å²) in [7, 11) is 1.55. The number of hydrogen-bond acceptors (Lipinski definition) is 7. The molecule has 1 saturated heterocycles. The molecule has 0 spiro atoms. The third-order valence-corrected chi connectivity index (χ3v) is 5.91. The molecule has 1 saturated carbocycles. The van der Waals surface area contributed by atoms with Crippen molar-refractivity contribution in [1.29, 1.82) is 0 Å². The number of aromatic nitrogens is 3. The second-order valence-corrected chi connectivity index (χ2v) is 8.35. The van der Waals surface area contributed by atoms with Crippen molar-refractivity contribution in [3.8, 4) is 5.75 Å². The maximum Gasteiger partial charge on any atom is 0.172 e. The third kappa shape index (κ3) is 4.39. The highest BCUT2D eigenvalue weighted by Gasteiger charge is 2.27. The van der Waals surface area contributed by atoms with Crippen molar-refractivity contribution in [2.24, 2.45) is 0 Å². The molecule has 1 N–H and O–H groups in total. The van der Waals surface area contributed by atoms with Gasteiger partial charge in [-0.3, -0.25) is 9.88 Å². The Morgan fingerprint density at radius 3 is 2.61 bits per heavy atom. The first kappa shape index (κ1) is 19.9. The molecule has 0 amide bonds. The first-order chi connectivity index (χ1) is 15.1. The molecule has 8 heteroatoms. The molecule has 3 aromatic rings. The number of methoxy groups -OCH3 is 1. The molecule has 2 aliphatic rings. The second-order valence-electron chi connectivity index (χ2n) is 8.35. The Labute approximate surface area is 181 Å². The van der Waals surface area contributed by atoms with Crippen LogP contribution in [-0.4, -0.2) is 59.2 Å². The van der Waals surface area contributed by atoms with E-state index in [2.05, 4.69) is 20.1 Å². The normalized spacial score (nSPS) is 17.2. The number of anilines is 2. The van der Waals surface area contributed by atoms with Gasteiger partial charge in [0.15, 0.2) is 11.6 Å². The van der Waals surface area contributed by atoms with Crippen LogP contribution in [0, 0.1) is 12.7 Å². The van der Waals surface area contributed by atoms with Crippen molar-refractivity contribution in [3.05, 3.63) is 47.5 Å². The SMILES string of the molecule is COc1ccc(CN2CCN(c3nc4cnc(C)cc4nc3NC3CC3)CC2)c(F)c1. The highest BCUT2D eigenvalue weighted by atomic mass is 19.1. The number of hydrogen-bond donors (Lipinski definition) is 1. The summed E-state index contributed by atoms with van der Waals surface area (Å²) >= 11 is 0. The van der Waals surface area contributed by atoms with Gasteiger partial charge in [0, 0.05) is 56.1 Å². The van der Waals surface area contributed by atoms with Gasteiger partial charge >= 0.3 is 0 Å². The molecule has 0 atom stereocenters. The van der Waals surface area contributed by atoms with Crippen LogP contribution in [0.4, 0.5) is 16.0 Å². The Balaban J connectivity index is 1.32. The summed E-state index contributed by atoms with van der Waals surface area (Å²) in [6.45, 7) is 5.85. The van der Waals surface area contributed by atoms with Gasteiger partial charge in [-0.25, -0.2) is 14.4 Å². The first-order valence-corrected chi connectivity index (χ1v) is 10.8. The molecule has 31 heavy (non-hydrogen) atoms. The summed E-state index contributed by atoms with van der Waals surface area (Å²) in [5, 5.41) is 3.55. The lowest BCUT2D eigenvalue weighted by atomic mass is 10.1. The average molecular weight is 423 g/mol. The van der Waals surface area contributed by atoms with E-state index in [1.165, 1.54) is 18.9 Å². The minimum Gasteiger partial charge on any atom is -0.497 e. The molecule has 5 rings (SSSR count). The number of rotatable bonds is 6. The number of aryl methyl sites for hydroxylation is 1. The van der Waals surface area contributed by atoms with Gasteiger partial charge in [0.2, 0.25) is 0 Å². The fraction of sp³-hybridized carbons (Fsp3) is 0.435. The van der Waals surface area contributed by atoms with Gasteiger partial charge in [-0.05, 0) is 31.9 Å². The largest absolute Gasteiger partial charge is 0.497 e. The molecule has 162 valence electrons. The van der Waals surface area contributed by atoms with Gasteiger partial charge in [-0.15, -0.1) is 0 Å². The number of ether oxygens (including phenoxy) is 1. The minimum atomic E-state index is -0.221. The number of pyridine rings is 1. The lowest BCUT2D eigenvalue weighted by Crippen LogP contribution is -2.46. The summed E-state index contributed by atoms with van der Waals surface area (Å²) in [6, 6.07) is 7.54. The van der Waals surface area contributed by atoms with E-state index in [1.54, 1.807) is 13.3 Å². The monoisotopic (exact) mass is 422 g/mol. The predicted molar refractivity (Wildman–Crippen MR) is 119 cm³/mol. The van der Waals surface area contributed by atoms with E-state index in [0.29, 0.717) is 23.9 Å². The number of fused-ring (bicyclic) bond motifs is 1. The molecule has 2 aromatic heterocycles. The quantitative estimate of drug-likeness (QED) is 0.653. The lowest BCUT2D eigenvalue weighted by Gasteiger charge is -2.36. The maximum atomic E-state index is 14.3. The molecule has 0 radical (unpaired) electrons. The van der Waals surface area contributed by atoms with Crippen LogP contribution in [0.1, 0.15) is 24.1 Å². The van der Waals surface area contributed by atoms with Crippen molar-refractivity contribution >= 4 is 22.7 Å². The number of piperazine rings is 1. The van der Waals surface area contributed by atoms with E-state index in [-0.39, 0.29) is 5.82 Å². The molecule has 2 fully saturated rings. The summed E-state index contributed by atoms with van der Waals surface area (Å²) in [6.07, 6.45) is 4.15. The van der Waals surface area contributed by atoms with Crippen LogP contribution in [0.2, 0.25) is 0 Å². The van der Waals surface area contributed by atoms with Crippen LogP contribution in [0.3, 0.4) is 0 Å². The van der Waals surface area contributed by atoms with Gasteiger partial charge < -0.3 is 15.0 Å². The smallest absolute Gasteiger partial charge is 0.172 e. The predicted octanol–water partition coefficient (Wildman–Crippen LogP) is 3.38. The number of benzene rings is 1. The van der Waals surface area contributed by atoms with Crippen LogP contribution in [0.5, 0.6) is 5.75 Å². The zero-order chi connectivity index (χ0) is 21.4. The van der Waals surface area contributed by atoms with E-state index in [1.807, 2.05) is 25.1 Å². The molecular formula is C23H27FN6O. The Kier molecular flexibility index (Phi) is 5.31. The van der Waals surface area contributed by atoms with Crippen LogP contribution >= 0.6 is 0 Å². The highest BCUT2D eigenvalue weighted by molar-refractivity contribution is 5.80. The summed E-state index contributed by atoms with van der Waals surface area (Å²) in [5.74, 6) is 2.07. The summed E-state index contributed by atoms with van der Waals surface area (Å²) in [5.41, 5.74) is 3.31. The number of nitrogens with zero attached hydrogens (tertiary/aromatic N) is 5. The fourth-order valence-electron chi connectivity index (χ4n) is 3.93. The number of halogens is 1. The van der Waals surface area contributed by atoms with Gasteiger partial charge in [0.1, 0.15) is 17.1 Å². The minimum absolute atomic E-state index is 0.221. The van der Waals surface area contributed by atoms with E-state index in [9.17, 15) is 4.39 Å². The maximum absolute atomic E-state index is 14.3. The summed E-state index contributed by atoms with van der Waals surface area (Å²) in [4.78, 5) is 18.7. The third-order valence-electron chi connectivity index (χ3n) is 5.91. The second kappa shape index (κ2) is 8.26. The molecule has 1 aliphatic carbocycles. The van der Waals surface area contributed by atoms with E-state index >= 15 is 0 Å². The molecule has 3 heterocycles. The fourth-order valence-corrected chi connectivity index (χ4v) is 3.93. The van der Waals surface area contributed by atoms with Crippen LogP contribution < -0.4 is 15.0 Å². The Morgan fingerprint density at radius 2 is 1.90 bits per heavy atom. The van der Waals surface area contributed by atoms with Crippen molar-refractivity contribution < 1.29 is 9.13 Å². The molecule has 7 nitrogen and oxygen atoms in total. The van der Waals surface area contributed by atoms with E-state index < -0.39 is 0 Å². The van der Waals surface area contributed by atoms with Gasteiger partial charge in [0.05, 0.1) is 18.8 Å². The molecule has 0 bridgehead atoms. The van der Waals surface area contributed by atoms with Crippen molar-refractivity contribution in [2.45, 2.75) is 32.4 Å². The highest BCUT2D eigenvalue weighted by Crippen LogP contribution is 2.31. The van der Waals surface area contributed by atoms with Crippen molar-refractivity contribution in [3.63, 3.8) is 0 Å². The Hall–Kier alpha value is -3.00. The van der Waals surface area contributed by atoms with Crippen molar-refractivity contribution in [1.82, 2.24) is 19.9 Å². The zero-order valence-corrected chi connectivity index (χ0v) is 17.9. The molecule has 1 aliphatic heterocycles. The lowest BCUT2D eigenvalue weighted by molar-refractivity contribution is 0.246. The zero-order valence-electron chi connectivity index (χ0n) is 17.9. The van der Waals surface area contributed by atoms with Crippen LogP contribution in [0.25, 0.3) is 11.0 Å². The van der Waals surface area contributed by atoms with Crippen LogP contribution in [-0.2, 0) is 6.54 Å². The number of nitrogens with one attached hydrogen (secondary N) is 1. The summed E-state index contributed by atoms with van der Waals surface area (Å²) < 4.78 is 19.4. The average Bonchev–Trinajstić information content (AvgIpc) is 3.59. The topological polar surface area (TPSA) is 66.4 Å². The Bertz CT molecular complexity index is 1090. The van der Waals surface area contributed by atoms with Gasteiger partial charge in [-0.2, -0.15) is 0 Å².